The highest BCUT2D eigenvalue weighted by Crippen LogP contribution is 2.64. The van der Waals surface area contributed by atoms with Gasteiger partial charge in [0, 0.05) is 50.7 Å². The molecule has 2 aliphatic carbocycles. The average molecular weight is 1110 g/mol. The molecule has 9 aromatic carbocycles. The van der Waals surface area contributed by atoms with E-state index in [2.05, 4.69) is 306 Å². The largest absolute Gasteiger partial charge is 0.334 e. The van der Waals surface area contributed by atoms with Crippen LogP contribution in [0, 0.1) is 0 Å². The van der Waals surface area contributed by atoms with Gasteiger partial charge in [-0.05, 0) is 187 Å². The van der Waals surface area contributed by atoms with Gasteiger partial charge in [0.25, 0.3) is 6.71 Å². The molecular weight excluding hydrogens is 1030 g/mol. The molecular formula is C81H86BN3. The summed E-state index contributed by atoms with van der Waals surface area (Å²) in [5.41, 5.74) is 28.1. The first-order valence-electron chi connectivity index (χ1n) is 31.9. The van der Waals surface area contributed by atoms with Crippen LogP contribution in [0.5, 0.6) is 0 Å². The lowest BCUT2D eigenvalue weighted by Crippen LogP contribution is -2.62. The van der Waals surface area contributed by atoms with Crippen molar-refractivity contribution >= 4 is 68.6 Å². The van der Waals surface area contributed by atoms with Crippen LogP contribution >= 0.6 is 0 Å². The molecule has 3 aliphatic heterocycles. The van der Waals surface area contributed by atoms with Gasteiger partial charge in [0.1, 0.15) is 0 Å². The molecule has 1 fully saturated rings. The normalized spacial score (nSPS) is 20.0. The van der Waals surface area contributed by atoms with Crippen molar-refractivity contribution in [3.8, 4) is 22.3 Å². The highest BCUT2D eigenvalue weighted by atomic mass is 15.3. The predicted molar refractivity (Wildman–Crippen MR) is 365 cm³/mol. The van der Waals surface area contributed by atoms with Crippen LogP contribution in [-0.2, 0) is 32.5 Å². The fourth-order valence-electron chi connectivity index (χ4n) is 16.3. The standard InChI is InChI=1S/C81H86BN3/c1-75(2,3)56-36-40-67(60(46-56)53-28-18-15-19-29-53)83-70-50-59(85-69-35-25-24-34-62(69)81(55-32-22-17-23-33-55)43-27-26-42-80(81,85)14)38-39-65(70)82-66-51-63-64(79(12,13)45-44-78(63,10)11)52-71(66)84(73-49-58(77(7,8)9)48-72(83)74(73)82)68-41-37-57(76(4,5)6)47-61(68)54-30-20-16-21-31-54/h15-25,28-41,46-52H,26-27,42-45H2,1-14H3. The van der Waals surface area contributed by atoms with E-state index in [1.165, 1.54) is 136 Å². The Morgan fingerprint density at radius 2 is 0.847 bits per heavy atom. The Balaban J connectivity index is 1.13. The molecule has 2 unspecified atom stereocenters. The van der Waals surface area contributed by atoms with Crippen LogP contribution in [0.1, 0.15) is 174 Å². The Labute approximate surface area is 509 Å². The molecule has 1 saturated carbocycles. The molecule has 3 heterocycles. The van der Waals surface area contributed by atoms with Crippen LogP contribution < -0.4 is 31.1 Å². The minimum Gasteiger partial charge on any atom is -0.334 e. The van der Waals surface area contributed by atoms with E-state index in [0.717, 1.165) is 25.7 Å². The van der Waals surface area contributed by atoms with Crippen molar-refractivity contribution in [2.75, 3.05) is 14.7 Å². The third kappa shape index (κ3) is 8.49. The van der Waals surface area contributed by atoms with Gasteiger partial charge < -0.3 is 14.7 Å². The van der Waals surface area contributed by atoms with Crippen molar-refractivity contribution in [2.24, 2.45) is 0 Å². The van der Waals surface area contributed by atoms with Crippen molar-refractivity contribution in [3.05, 3.63) is 233 Å². The number of fused-ring (bicyclic) bond motifs is 8. The second kappa shape index (κ2) is 19.2. The highest BCUT2D eigenvalue weighted by molar-refractivity contribution is 7.00. The predicted octanol–water partition coefficient (Wildman–Crippen LogP) is 20.1. The molecule has 85 heavy (non-hydrogen) atoms. The van der Waals surface area contributed by atoms with Crippen molar-refractivity contribution < 1.29 is 0 Å². The van der Waals surface area contributed by atoms with Gasteiger partial charge in [0.15, 0.2) is 0 Å². The first kappa shape index (κ1) is 55.3. The molecule has 5 aliphatic rings. The highest BCUT2D eigenvalue weighted by Gasteiger charge is 2.61. The zero-order valence-electron chi connectivity index (χ0n) is 53.1. The Hall–Kier alpha value is -7.56. The van der Waals surface area contributed by atoms with E-state index >= 15 is 0 Å². The van der Waals surface area contributed by atoms with Gasteiger partial charge in [0.05, 0.1) is 16.9 Å². The zero-order valence-corrected chi connectivity index (χ0v) is 53.1. The molecule has 2 atom stereocenters. The lowest BCUT2D eigenvalue weighted by Gasteiger charge is -2.52. The zero-order chi connectivity index (χ0) is 59.4. The first-order chi connectivity index (χ1) is 40.4. The summed E-state index contributed by atoms with van der Waals surface area (Å²) in [7, 11) is 0. The second-order valence-electron chi connectivity index (χ2n) is 30.6. The number of nitrogens with zero attached hydrogens (tertiary/aromatic N) is 3. The maximum atomic E-state index is 2.81. The molecule has 0 saturated heterocycles. The molecule has 0 aromatic heterocycles. The van der Waals surface area contributed by atoms with Crippen molar-refractivity contribution in [3.63, 3.8) is 0 Å². The molecule has 428 valence electrons. The summed E-state index contributed by atoms with van der Waals surface area (Å²) in [5, 5.41) is 0. The monoisotopic (exact) mass is 1110 g/mol. The third-order valence-electron chi connectivity index (χ3n) is 21.3. The maximum Gasteiger partial charge on any atom is 0.252 e. The molecule has 0 spiro atoms. The number of hydrogen-bond acceptors (Lipinski definition) is 3. The summed E-state index contributed by atoms with van der Waals surface area (Å²) >= 11 is 0. The van der Waals surface area contributed by atoms with E-state index < -0.39 is 0 Å². The summed E-state index contributed by atoms with van der Waals surface area (Å²) < 4.78 is 0. The summed E-state index contributed by atoms with van der Waals surface area (Å²) in [4.78, 5) is 8.28. The SMILES string of the molecule is CC(C)(C)c1ccc(N2c3cc(N4c5ccccc5C5(c6ccccc6)CCCCC45C)ccc3B3c4cc5c(cc4N(c4ccc(C(C)(C)C)cc4-c4ccccc4)c4cc(C(C)(C)C)cc2c43)C(C)(C)CCC5(C)C)c(-c2ccccc2)c1. The van der Waals surface area contributed by atoms with E-state index in [4.69, 9.17) is 0 Å². The molecule has 0 amide bonds. The number of para-hydroxylation sites is 1. The van der Waals surface area contributed by atoms with Gasteiger partial charge >= 0.3 is 0 Å². The van der Waals surface area contributed by atoms with Crippen LogP contribution in [0.25, 0.3) is 22.3 Å². The minimum absolute atomic E-state index is 0.00984. The molecule has 9 aromatic rings. The van der Waals surface area contributed by atoms with Gasteiger partial charge in [-0.1, -0.05) is 236 Å². The fourth-order valence-corrected chi connectivity index (χ4v) is 16.3. The van der Waals surface area contributed by atoms with Gasteiger partial charge in [-0.3, -0.25) is 0 Å². The van der Waals surface area contributed by atoms with Gasteiger partial charge in [0.2, 0.25) is 0 Å². The Kier molecular flexibility index (Phi) is 12.5. The second-order valence-corrected chi connectivity index (χ2v) is 30.6. The van der Waals surface area contributed by atoms with Gasteiger partial charge in [-0.2, -0.15) is 0 Å². The van der Waals surface area contributed by atoms with Crippen LogP contribution in [-0.4, -0.2) is 12.3 Å². The van der Waals surface area contributed by atoms with E-state index in [1.807, 2.05) is 0 Å². The third-order valence-corrected chi connectivity index (χ3v) is 21.3. The molecule has 0 N–H and O–H groups in total. The topological polar surface area (TPSA) is 9.72 Å². The van der Waals surface area contributed by atoms with E-state index in [0.29, 0.717) is 0 Å². The Morgan fingerprint density at radius 3 is 1.39 bits per heavy atom. The maximum absolute atomic E-state index is 2.81. The minimum atomic E-state index is -0.230. The Bertz CT molecular complexity index is 4110. The van der Waals surface area contributed by atoms with Crippen LogP contribution in [0.15, 0.2) is 194 Å². The molecule has 0 radical (unpaired) electrons. The molecule has 0 bridgehead atoms. The summed E-state index contributed by atoms with van der Waals surface area (Å²) in [5.74, 6) is 0. The first-order valence-corrected chi connectivity index (χ1v) is 31.9. The quantitative estimate of drug-likeness (QED) is 0.154. The van der Waals surface area contributed by atoms with E-state index in [9.17, 15) is 0 Å². The summed E-state index contributed by atoms with van der Waals surface area (Å²) in [6.07, 6.45) is 6.89. The van der Waals surface area contributed by atoms with Crippen LogP contribution in [0.3, 0.4) is 0 Å². The number of rotatable bonds is 6. The molecule has 14 rings (SSSR count). The number of benzene rings is 9. The van der Waals surface area contributed by atoms with Crippen LogP contribution in [0.2, 0.25) is 0 Å². The smallest absolute Gasteiger partial charge is 0.252 e. The lowest BCUT2D eigenvalue weighted by molar-refractivity contribution is 0.215. The van der Waals surface area contributed by atoms with E-state index in [1.54, 1.807) is 0 Å². The van der Waals surface area contributed by atoms with Crippen molar-refractivity contribution in [1.29, 1.82) is 0 Å². The number of hydrogen-bond donors (Lipinski definition) is 0. The average Bonchev–Trinajstić information content (AvgIpc) is 1.72. The van der Waals surface area contributed by atoms with E-state index in [-0.39, 0.29) is 44.7 Å². The number of anilines is 8. The van der Waals surface area contributed by atoms with Gasteiger partial charge in [-0.25, -0.2) is 0 Å². The fraction of sp³-hybridized carbons (Fsp3) is 0.333. The lowest BCUT2D eigenvalue weighted by atomic mass is 9.33. The molecule has 4 heteroatoms. The van der Waals surface area contributed by atoms with Crippen LogP contribution in [0.4, 0.5) is 45.5 Å². The molecule has 3 nitrogen and oxygen atoms in total. The van der Waals surface area contributed by atoms with Gasteiger partial charge in [-0.15, -0.1) is 0 Å². The van der Waals surface area contributed by atoms with Crippen molar-refractivity contribution in [2.45, 2.75) is 173 Å². The Morgan fingerprint density at radius 1 is 0.365 bits per heavy atom. The summed E-state index contributed by atoms with van der Waals surface area (Å²) in [6, 6.07) is 76.6. The van der Waals surface area contributed by atoms with Crippen molar-refractivity contribution in [1.82, 2.24) is 0 Å². The summed E-state index contributed by atoms with van der Waals surface area (Å²) in [6.45, 7) is 33.9.